The molecule has 580 valence electrons. The number of unbranched alkanes of at least 4 members (excludes halogenated alkanes) is 1. The van der Waals surface area contributed by atoms with Crippen LogP contribution in [-0.2, 0) is 67.0 Å². The molecule has 26 nitrogen and oxygen atoms in total. The summed E-state index contributed by atoms with van der Waals surface area (Å²) in [5, 5.41) is 11.7. The Balaban J connectivity index is 1.65. The van der Waals surface area contributed by atoms with E-state index in [9.17, 15) is 28.8 Å². The van der Waals surface area contributed by atoms with Crippen LogP contribution in [0.4, 0.5) is 4.39 Å². The summed E-state index contributed by atoms with van der Waals surface area (Å²) >= 11 is 0. The zero-order valence-electron chi connectivity index (χ0n) is 64.7. The van der Waals surface area contributed by atoms with E-state index in [1.54, 1.807) is 26.0 Å². The second kappa shape index (κ2) is 41.8. The number of ether oxygens (including phenoxy) is 2. The van der Waals surface area contributed by atoms with Gasteiger partial charge in [-0.2, -0.15) is 0 Å². The SMILES string of the molecule is CCCC[C@@H]1NC(=O)[C@H](CC2CCCCC2F)NC(=O)CN(C)C(=O)[C@H](CC2CCC(OC)CC2)N(C)C(=O)CN(C)C(=O)CN(C)C(=O)[C@H]([C@@H](C)CC)NC(=O)[C@H](CC(C)C)N(C)C(=O)C[C@@H](C(=O)N2CCCCC2)N(C)C(=O)[C@H](CC(C)C)NC(=O)[C@H](CC2CCC(OC)CC2)N(C)C1=O. The van der Waals surface area contributed by atoms with Crippen molar-refractivity contribution in [2.24, 2.45) is 35.5 Å². The van der Waals surface area contributed by atoms with Gasteiger partial charge in [-0.25, -0.2) is 4.39 Å². The average molecular weight is 1440 g/mol. The second-order valence-electron chi connectivity index (χ2n) is 31.2. The number of carbonyl (C=O) groups is 12. The number of halogens is 1. The minimum atomic E-state index is -1.41. The molecular formula is C75H129FN12O14. The van der Waals surface area contributed by atoms with E-state index in [0.29, 0.717) is 103 Å². The maximum Gasteiger partial charge on any atom is 0.245 e. The van der Waals surface area contributed by atoms with E-state index in [-0.39, 0.29) is 80.8 Å². The van der Waals surface area contributed by atoms with Crippen molar-refractivity contribution in [1.29, 1.82) is 0 Å². The molecule has 5 aliphatic rings. The van der Waals surface area contributed by atoms with Gasteiger partial charge in [0.05, 0.1) is 38.3 Å². The Labute approximate surface area is 607 Å². The van der Waals surface area contributed by atoms with Crippen molar-refractivity contribution >= 4 is 70.9 Å². The van der Waals surface area contributed by atoms with E-state index in [1.807, 2.05) is 41.5 Å². The number of hydrogen-bond donors (Lipinski definition) is 4. The minimum absolute atomic E-state index is 0.00171. The Kier molecular flexibility index (Phi) is 35.3. The van der Waals surface area contributed by atoms with E-state index < -0.39 is 163 Å². The molecule has 2 saturated heterocycles. The lowest BCUT2D eigenvalue weighted by atomic mass is 9.82. The molecule has 2 aliphatic heterocycles. The number of piperidine rings is 1. The van der Waals surface area contributed by atoms with Gasteiger partial charge in [0, 0.05) is 76.6 Å². The van der Waals surface area contributed by atoms with Gasteiger partial charge in [0.1, 0.15) is 54.5 Å². The van der Waals surface area contributed by atoms with Gasteiger partial charge in [0.2, 0.25) is 70.9 Å². The lowest BCUT2D eigenvalue weighted by Crippen LogP contribution is -2.61. The highest BCUT2D eigenvalue weighted by Gasteiger charge is 2.44. The predicted molar refractivity (Wildman–Crippen MR) is 386 cm³/mol. The van der Waals surface area contributed by atoms with E-state index >= 15 is 33.2 Å². The lowest BCUT2D eigenvalue weighted by molar-refractivity contribution is -0.151. The molecule has 4 N–H and O–H groups in total. The monoisotopic (exact) mass is 1440 g/mol. The molecule has 3 aliphatic carbocycles. The molecule has 0 aromatic rings. The number of alkyl halides is 1. The summed E-state index contributed by atoms with van der Waals surface area (Å²) in [7, 11) is 13.4. The third-order valence-corrected chi connectivity index (χ3v) is 22.5. The molecule has 5 fully saturated rings. The number of likely N-dealkylation sites (tertiary alicyclic amines) is 1. The summed E-state index contributed by atoms with van der Waals surface area (Å²) in [6.45, 7) is 12.2. The minimum Gasteiger partial charge on any atom is -0.381 e. The first-order valence-corrected chi connectivity index (χ1v) is 38.2. The largest absolute Gasteiger partial charge is 0.381 e. The standard InChI is InChI=1S/C75H129FN12O14/c1-17-19-27-56-71(96)86(13)60(40-50-28-32-53(101-15)33-29-50)69(94)79-58(38-47(3)4)72(97)87(14)62(74(99)88-36-23-20-24-37-88)43-64(90)84(11)59(39-48(5)6)70(95)80-67(49(7)18-2)75(100)83(10)45-65(91)81(8)46-66(92)85(12)61(41-51-30-34-54(102-16)35-31-51)73(98)82(9)44-63(89)77-57(68(93)78-56)42-52-25-21-22-26-55(52)76/h47-62,67H,17-46H2,1-16H3,(H,77,89)(H,78,93)(H,79,94)(H,80,95)/t49-,50?,51?,52?,53?,54?,55?,56-,57-,58-,59-,60-,61-,62-,67-/m0/s1. The van der Waals surface area contributed by atoms with Crippen LogP contribution < -0.4 is 21.3 Å². The smallest absolute Gasteiger partial charge is 0.245 e. The molecule has 2 unspecified atom stereocenters. The van der Waals surface area contributed by atoms with Crippen LogP contribution >= 0.6 is 0 Å². The quantitative estimate of drug-likeness (QED) is 0.133. The van der Waals surface area contributed by atoms with Gasteiger partial charge in [-0.1, -0.05) is 80.6 Å². The highest BCUT2D eigenvalue weighted by molar-refractivity contribution is 5.99. The molecule has 0 radical (unpaired) electrons. The van der Waals surface area contributed by atoms with Crippen molar-refractivity contribution in [3.05, 3.63) is 0 Å². The van der Waals surface area contributed by atoms with Crippen molar-refractivity contribution in [2.75, 3.05) is 96.3 Å². The fraction of sp³-hybridized carbons (Fsp3) is 0.840. The number of rotatable bonds is 18. The molecule has 2 heterocycles. The summed E-state index contributed by atoms with van der Waals surface area (Å²) in [6, 6.07) is -10.0. The van der Waals surface area contributed by atoms with Gasteiger partial charge in [0.25, 0.3) is 0 Å². The normalized spacial score (nSPS) is 30.4. The lowest BCUT2D eigenvalue weighted by Gasteiger charge is -2.38. The molecule has 11 atom stereocenters. The van der Waals surface area contributed by atoms with Crippen LogP contribution in [0, 0.1) is 35.5 Å². The van der Waals surface area contributed by atoms with Crippen LogP contribution in [-0.4, -0.2) is 273 Å². The molecule has 0 aromatic carbocycles. The number of carbonyl (C=O) groups excluding carboxylic acids is 12. The van der Waals surface area contributed by atoms with Crippen LogP contribution in [0.5, 0.6) is 0 Å². The molecule has 0 bridgehead atoms. The first kappa shape index (κ1) is 86.1. The van der Waals surface area contributed by atoms with Gasteiger partial charge < -0.3 is 69.9 Å². The van der Waals surface area contributed by atoms with Crippen molar-refractivity contribution in [3.63, 3.8) is 0 Å². The predicted octanol–water partition coefficient (Wildman–Crippen LogP) is 5.46. The first-order valence-electron chi connectivity index (χ1n) is 38.2. The summed E-state index contributed by atoms with van der Waals surface area (Å²) in [5.41, 5.74) is 0. The van der Waals surface area contributed by atoms with E-state index in [4.69, 9.17) is 9.47 Å². The van der Waals surface area contributed by atoms with Crippen molar-refractivity contribution < 1.29 is 71.4 Å². The Bertz CT molecular complexity index is 2790. The summed E-state index contributed by atoms with van der Waals surface area (Å²) < 4.78 is 27.3. The van der Waals surface area contributed by atoms with Crippen LogP contribution in [0.3, 0.4) is 0 Å². The summed E-state index contributed by atoms with van der Waals surface area (Å²) in [5.74, 6) is -9.34. The average Bonchev–Trinajstić information content (AvgIpc) is 0.822. The van der Waals surface area contributed by atoms with Crippen molar-refractivity contribution in [3.8, 4) is 0 Å². The maximum atomic E-state index is 15.9. The van der Waals surface area contributed by atoms with Gasteiger partial charge in [0.15, 0.2) is 0 Å². The first-order chi connectivity index (χ1) is 48.2. The number of nitrogens with one attached hydrogen (secondary N) is 4. The second-order valence-corrected chi connectivity index (χ2v) is 31.2. The Morgan fingerprint density at radius 3 is 1.56 bits per heavy atom. The molecule has 102 heavy (non-hydrogen) atoms. The molecule has 12 amide bonds. The van der Waals surface area contributed by atoms with Crippen LogP contribution in [0.1, 0.15) is 209 Å². The highest BCUT2D eigenvalue weighted by atomic mass is 19.1. The van der Waals surface area contributed by atoms with Crippen molar-refractivity contribution in [2.45, 2.75) is 276 Å². The van der Waals surface area contributed by atoms with Crippen LogP contribution in [0.2, 0.25) is 0 Å². The van der Waals surface area contributed by atoms with Crippen molar-refractivity contribution in [1.82, 2.24) is 60.5 Å². The van der Waals surface area contributed by atoms with Gasteiger partial charge >= 0.3 is 0 Å². The number of likely N-dealkylation sites (N-methyl/N-ethyl adjacent to an activating group) is 7. The van der Waals surface area contributed by atoms with Gasteiger partial charge in [-0.05, 0) is 158 Å². The molecule has 0 aromatic heterocycles. The Morgan fingerprint density at radius 2 is 1.01 bits per heavy atom. The number of amides is 12. The summed E-state index contributed by atoms with van der Waals surface area (Å²) in [6.07, 6.45) is 10.1. The van der Waals surface area contributed by atoms with Crippen LogP contribution in [0.25, 0.3) is 0 Å². The zero-order chi connectivity index (χ0) is 75.8. The van der Waals surface area contributed by atoms with E-state index in [2.05, 4.69) is 21.3 Å². The fourth-order valence-electron chi connectivity index (χ4n) is 15.4. The van der Waals surface area contributed by atoms with E-state index in [1.165, 1.54) is 78.7 Å². The zero-order valence-corrected chi connectivity index (χ0v) is 64.7. The topological polar surface area (TPSA) is 297 Å². The van der Waals surface area contributed by atoms with Crippen LogP contribution in [0.15, 0.2) is 0 Å². The third kappa shape index (κ3) is 25.1. The third-order valence-electron chi connectivity index (χ3n) is 22.5. The van der Waals surface area contributed by atoms with Gasteiger partial charge in [-0.3, -0.25) is 57.5 Å². The van der Waals surface area contributed by atoms with Gasteiger partial charge in [-0.15, -0.1) is 0 Å². The summed E-state index contributed by atoms with van der Waals surface area (Å²) in [4.78, 5) is 189. The fourth-order valence-corrected chi connectivity index (χ4v) is 15.4. The molecule has 0 spiro atoms. The molecule has 5 rings (SSSR count). The Morgan fingerprint density at radius 1 is 0.490 bits per heavy atom. The number of nitrogens with zero attached hydrogens (tertiary/aromatic N) is 8. The molecular weight excluding hydrogens is 1310 g/mol. The Hall–Kier alpha value is -6.51. The number of hydrogen-bond acceptors (Lipinski definition) is 14. The van der Waals surface area contributed by atoms with E-state index in [0.717, 1.165) is 24.2 Å². The molecule has 3 saturated carbocycles. The molecule has 27 heteroatoms. The number of methoxy groups -OCH3 is 2. The highest BCUT2D eigenvalue weighted by Crippen LogP contribution is 2.34. The maximum absolute atomic E-state index is 15.9.